The monoisotopic (exact) mass is 512 g/mol. The number of nitrogens with zero attached hydrogens (tertiary/aromatic N) is 2. The Bertz CT molecular complexity index is 1230. The van der Waals surface area contributed by atoms with Crippen molar-refractivity contribution in [3.05, 3.63) is 76.7 Å². The molecule has 0 unspecified atom stereocenters. The largest absolute Gasteiger partial charge is 0.493 e. The van der Waals surface area contributed by atoms with Crippen molar-refractivity contribution >= 4 is 29.2 Å². The van der Waals surface area contributed by atoms with E-state index in [0.717, 1.165) is 5.56 Å². The first-order valence-corrected chi connectivity index (χ1v) is 11.4. The van der Waals surface area contributed by atoms with Gasteiger partial charge < -0.3 is 23.4 Å². The average molecular weight is 513 g/mol. The minimum absolute atomic E-state index is 0.0924. The van der Waals surface area contributed by atoms with E-state index >= 15 is 0 Å². The highest BCUT2D eigenvalue weighted by Gasteiger charge is 2.35. The zero-order valence-corrected chi connectivity index (χ0v) is 20.8. The Balaban J connectivity index is 1.45. The molecule has 1 atom stereocenters. The smallest absolute Gasteiger partial charge is 0.310 e. The minimum Gasteiger partial charge on any atom is -0.493 e. The Labute approximate surface area is 213 Å². The van der Waals surface area contributed by atoms with E-state index in [9.17, 15) is 9.59 Å². The maximum atomic E-state index is 13.0. The van der Waals surface area contributed by atoms with Gasteiger partial charge in [-0.1, -0.05) is 23.7 Å². The number of esters is 1. The van der Waals surface area contributed by atoms with Crippen LogP contribution in [0.15, 0.2) is 64.3 Å². The SMILES string of the molecule is COc1cc(CC(=O)OCC(=O)N2N=C(c3ccc(Cl)cc3)C[C@H]2c2ccco2)cc(OC)c1OC. The van der Waals surface area contributed by atoms with Crippen LogP contribution in [0.2, 0.25) is 5.02 Å². The Kier molecular flexibility index (Phi) is 7.80. The quantitative estimate of drug-likeness (QED) is 0.391. The molecule has 0 radical (unpaired) electrons. The van der Waals surface area contributed by atoms with E-state index in [4.69, 9.17) is 35.0 Å². The summed E-state index contributed by atoms with van der Waals surface area (Å²) in [6.07, 6.45) is 1.89. The van der Waals surface area contributed by atoms with Gasteiger partial charge in [0.05, 0.1) is 39.7 Å². The molecule has 1 amide bonds. The van der Waals surface area contributed by atoms with Crippen molar-refractivity contribution in [2.24, 2.45) is 5.10 Å². The van der Waals surface area contributed by atoms with Crippen LogP contribution in [0.1, 0.15) is 29.3 Å². The molecule has 1 aromatic heterocycles. The van der Waals surface area contributed by atoms with Crippen molar-refractivity contribution in [2.75, 3.05) is 27.9 Å². The molecule has 0 aliphatic carbocycles. The van der Waals surface area contributed by atoms with E-state index in [0.29, 0.717) is 45.7 Å². The van der Waals surface area contributed by atoms with Crippen molar-refractivity contribution in [3.8, 4) is 17.2 Å². The second kappa shape index (κ2) is 11.2. The zero-order chi connectivity index (χ0) is 25.7. The number of benzene rings is 2. The Morgan fingerprint density at radius 1 is 1.06 bits per heavy atom. The lowest BCUT2D eigenvalue weighted by molar-refractivity contribution is -0.152. The molecule has 10 heteroatoms. The van der Waals surface area contributed by atoms with Gasteiger partial charge in [-0.05, 0) is 47.5 Å². The van der Waals surface area contributed by atoms with Gasteiger partial charge in [-0.3, -0.25) is 9.59 Å². The van der Waals surface area contributed by atoms with Gasteiger partial charge in [-0.25, -0.2) is 5.01 Å². The second-order valence-electron chi connectivity index (χ2n) is 7.90. The number of hydrazone groups is 1. The fourth-order valence-corrected chi connectivity index (χ4v) is 4.05. The standard InChI is InChI=1S/C26H25ClN2O7/c1-32-22-11-16(12-23(33-2)26(22)34-3)13-25(31)36-15-24(30)29-20(21-5-4-10-35-21)14-19(28-29)17-6-8-18(27)9-7-17/h4-12,20H,13-15H2,1-3H3/t20-/m0/s1. The molecule has 0 saturated carbocycles. The summed E-state index contributed by atoms with van der Waals surface area (Å²) < 4.78 is 26.8. The van der Waals surface area contributed by atoms with E-state index < -0.39 is 24.5 Å². The van der Waals surface area contributed by atoms with E-state index in [1.165, 1.54) is 32.6 Å². The van der Waals surface area contributed by atoms with Crippen LogP contribution in [0.5, 0.6) is 17.2 Å². The summed E-state index contributed by atoms with van der Waals surface area (Å²) in [5, 5.41) is 6.42. The summed E-state index contributed by atoms with van der Waals surface area (Å²) in [7, 11) is 4.47. The maximum Gasteiger partial charge on any atom is 0.310 e. The van der Waals surface area contributed by atoms with Gasteiger partial charge in [0.1, 0.15) is 11.8 Å². The number of carbonyl (C=O) groups is 2. The summed E-state index contributed by atoms with van der Waals surface area (Å²) in [4.78, 5) is 25.6. The number of hydrogen-bond donors (Lipinski definition) is 0. The molecule has 3 aromatic rings. The van der Waals surface area contributed by atoms with Crippen molar-refractivity contribution in [1.29, 1.82) is 0 Å². The third-order valence-electron chi connectivity index (χ3n) is 5.64. The van der Waals surface area contributed by atoms with Crippen LogP contribution >= 0.6 is 11.6 Å². The molecule has 188 valence electrons. The summed E-state index contributed by atoms with van der Waals surface area (Å²) in [6, 6.07) is 13.6. The lowest BCUT2D eigenvalue weighted by atomic mass is 10.0. The number of methoxy groups -OCH3 is 3. The van der Waals surface area contributed by atoms with Gasteiger partial charge in [0.15, 0.2) is 18.1 Å². The molecule has 0 spiro atoms. The fraction of sp³-hybridized carbons (Fsp3) is 0.269. The van der Waals surface area contributed by atoms with Gasteiger partial charge in [0.2, 0.25) is 5.75 Å². The Hall–Kier alpha value is -3.98. The Morgan fingerprint density at radius 3 is 2.33 bits per heavy atom. The molecule has 0 bridgehead atoms. The molecule has 9 nitrogen and oxygen atoms in total. The predicted octanol–water partition coefficient (Wildman–Crippen LogP) is 4.42. The normalized spacial score (nSPS) is 14.8. The molecule has 0 saturated heterocycles. The van der Waals surface area contributed by atoms with Gasteiger partial charge in [-0.15, -0.1) is 0 Å². The molecule has 2 heterocycles. The number of rotatable bonds is 9. The molecule has 1 aliphatic rings. The van der Waals surface area contributed by atoms with Crippen molar-refractivity contribution in [2.45, 2.75) is 18.9 Å². The van der Waals surface area contributed by atoms with Crippen LogP contribution in [0.25, 0.3) is 0 Å². The Morgan fingerprint density at radius 2 is 1.75 bits per heavy atom. The first-order valence-electron chi connectivity index (χ1n) is 11.1. The maximum absolute atomic E-state index is 13.0. The van der Waals surface area contributed by atoms with Crippen molar-refractivity contribution in [1.82, 2.24) is 5.01 Å². The molecule has 0 fully saturated rings. The van der Waals surface area contributed by atoms with Crippen molar-refractivity contribution in [3.63, 3.8) is 0 Å². The highest BCUT2D eigenvalue weighted by Crippen LogP contribution is 2.38. The second-order valence-corrected chi connectivity index (χ2v) is 8.33. The molecule has 36 heavy (non-hydrogen) atoms. The van der Waals surface area contributed by atoms with E-state index in [2.05, 4.69) is 5.10 Å². The number of carbonyl (C=O) groups excluding carboxylic acids is 2. The highest BCUT2D eigenvalue weighted by atomic mass is 35.5. The third kappa shape index (κ3) is 5.46. The van der Waals surface area contributed by atoms with Crippen LogP contribution in [0, 0.1) is 0 Å². The van der Waals surface area contributed by atoms with Gasteiger partial charge in [-0.2, -0.15) is 5.10 Å². The lowest BCUT2D eigenvalue weighted by Gasteiger charge is -2.19. The molecular formula is C26H25ClN2O7. The summed E-state index contributed by atoms with van der Waals surface area (Å²) in [5.74, 6) is 0.766. The average Bonchev–Trinajstić information content (AvgIpc) is 3.57. The topological polar surface area (TPSA) is 99.8 Å². The van der Waals surface area contributed by atoms with Crippen LogP contribution < -0.4 is 14.2 Å². The van der Waals surface area contributed by atoms with E-state index in [1.807, 2.05) is 12.1 Å². The van der Waals surface area contributed by atoms with Gasteiger partial charge in [0.25, 0.3) is 5.91 Å². The lowest BCUT2D eigenvalue weighted by Crippen LogP contribution is -2.31. The number of furan rings is 1. The number of ether oxygens (including phenoxy) is 4. The van der Waals surface area contributed by atoms with Crippen LogP contribution in [0.4, 0.5) is 0 Å². The predicted molar refractivity (Wildman–Crippen MR) is 132 cm³/mol. The number of amides is 1. The third-order valence-corrected chi connectivity index (χ3v) is 5.90. The van der Waals surface area contributed by atoms with Crippen LogP contribution in [-0.4, -0.2) is 50.5 Å². The van der Waals surface area contributed by atoms with Gasteiger partial charge in [0, 0.05) is 11.4 Å². The summed E-state index contributed by atoms with van der Waals surface area (Å²) in [6.45, 7) is -0.474. The van der Waals surface area contributed by atoms with Crippen LogP contribution in [-0.2, 0) is 20.7 Å². The fourth-order valence-electron chi connectivity index (χ4n) is 3.92. The zero-order valence-electron chi connectivity index (χ0n) is 20.0. The molecule has 4 rings (SSSR count). The molecule has 0 N–H and O–H groups in total. The number of halogens is 1. The number of hydrogen-bond acceptors (Lipinski definition) is 8. The first kappa shape index (κ1) is 25.1. The van der Waals surface area contributed by atoms with Gasteiger partial charge >= 0.3 is 5.97 Å². The van der Waals surface area contributed by atoms with E-state index in [1.54, 1.807) is 36.4 Å². The van der Waals surface area contributed by atoms with E-state index in [-0.39, 0.29) is 6.42 Å². The molecule has 2 aromatic carbocycles. The molecule has 1 aliphatic heterocycles. The first-order chi connectivity index (χ1) is 17.4. The van der Waals surface area contributed by atoms with Crippen molar-refractivity contribution < 1.29 is 33.0 Å². The summed E-state index contributed by atoms with van der Waals surface area (Å²) in [5.41, 5.74) is 2.12. The van der Waals surface area contributed by atoms with Crippen LogP contribution in [0.3, 0.4) is 0 Å². The summed E-state index contributed by atoms with van der Waals surface area (Å²) >= 11 is 6.00. The molecular weight excluding hydrogens is 488 g/mol. The minimum atomic E-state index is -0.590. The highest BCUT2D eigenvalue weighted by molar-refractivity contribution is 6.30.